The fourth-order valence-electron chi connectivity index (χ4n) is 2.61. The van der Waals surface area contributed by atoms with E-state index in [9.17, 15) is 0 Å². The van der Waals surface area contributed by atoms with E-state index in [1.54, 1.807) is 7.11 Å². The Hall–Kier alpha value is -0.730. The molecule has 1 aliphatic rings. The summed E-state index contributed by atoms with van der Waals surface area (Å²) in [4.78, 5) is 0. The molecule has 0 bridgehead atoms. The summed E-state index contributed by atoms with van der Waals surface area (Å²) in [7, 11) is 1.69. The zero-order valence-corrected chi connectivity index (χ0v) is 12.0. The molecule has 0 amide bonds. The lowest BCUT2D eigenvalue weighted by Gasteiger charge is -2.27. The molecule has 0 heterocycles. The zero-order valence-electron chi connectivity index (χ0n) is 11.2. The molecule has 2 nitrogen and oxygen atoms in total. The molecule has 0 saturated heterocycles. The van der Waals surface area contributed by atoms with Crippen LogP contribution in [0.25, 0.3) is 0 Å². The van der Waals surface area contributed by atoms with E-state index in [1.165, 1.54) is 25.7 Å². The van der Waals surface area contributed by atoms with Gasteiger partial charge in [0.1, 0.15) is 5.75 Å². The third-order valence-electron chi connectivity index (χ3n) is 3.88. The molecule has 1 aromatic rings. The molecule has 0 unspecified atom stereocenters. The van der Waals surface area contributed by atoms with Gasteiger partial charge in [-0.2, -0.15) is 0 Å². The number of nitrogens with one attached hydrogen (secondary N) is 1. The van der Waals surface area contributed by atoms with Crippen molar-refractivity contribution < 1.29 is 4.74 Å². The van der Waals surface area contributed by atoms with Crippen molar-refractivity contribution in [3.05, 3.63) is 28.8 Å². The van der Waals surface area contributed by atoms with Gasteiger partial charge < -0.3 is 10.1 Å². The molecule has 0 spiro atoms. The molecule has 18 heavy (non-hydrogen) atoms. The monoisotopic (exact) mass is 267 g/mol. The van der Waals surface area contributed by atoms with E-state index in [4.69, 9.17) is 16.3 Å². The molecule has 1 aliphatic carbocycles. The van der Waals surface area contributed by atoms with Gasteiger partial charge in [0.15, 0.2) is 0 Å². The first-order valence-electron chi connectivity index (χ1n) is 6.75. The van der Waals surface area contributed by atoms with Gasteiger partial charge in [-0.1, -0.05) is 24.6 Å². The van der Waals surface area contributed by atoms with Gasteiger partial charge in [-0.3, -0.25) is 0 Å². The van der Waals surface area contributed by atoms with Crippen LogP contribution in [0.1, 0.15) is 38.2 Å². The average Bonchev–Trinajstić information content (AvgIpc) is 2.39. The second-order valence-corrected chi connectivity index (χ2v) is 5.67. The van der Waals surface area contributed by atoms with Crippen LogP contribution in [-0.4, -0.2) is 13.2 Å². The molecule has 100 valence electrons. The van der Waals surface area contributed by atoms with Gasteiger partial charge >= 0.3 is 0 Å². The molecular weight excluding hydrogens is 246 g/mol. The van der Waals surface area contributed by atoms with Gasteiger partial charge in [0.25, 0.3) is 0 Å². The van der Waals surface area contributed by atoms with E-state index in [-0.39, 0.29) is 0 Å². The van der Waals surface area contributed by atoms with Crippen LogP contribution in [-0.2, 0) is 6.54 Å². The molecule has 0 aliphatic heterocycles. The van der Waals surface area contributed by atoms with E-state index in [0.717, 1.165) is 28.8 Å². The maximum Gasteiger partial charge on any atom is 0.124 e. The summed E-state index contributed by atoms with van der Waals surface area (Å²) in [5, 5.41) is 4.39. The highest BCUT2D eigenvalue weighted by Gasteiger charge is 2.18. The molecule has 1 aromatic carbocycles. The van der Waals surface area contributed by atoms with Crippen molar-refractivity contribution in [2.75, 3.05) is 7.11 Å². The third-order valence-corrected chi connectivity index (χ3v) is 4.23. The first-order chi connectivity index (χ1) is 8.70. The summed E-state index contributed by atoms with van der Waals surface area (Å²) in [6.45, 7) is 3.13. The first-order valence-corrected chi connectivity index (χ1v) is 7.13. The van der Waals surface area contributed by atoms with Crippen LogP contribution in [0.4, 0.5) is 0 Å². The molecule has 3 heteroatoms. The van der Waals surface area contributed by atoms with Crippen LogP contribution in [0.2, 0.25) is 5.02 Å². The van der Waals surface area contributed by atoms with Crippen LogP contribution < -0.4 is 10.1 Å². The van der Waals surface area contributed by atoms with Crippen molar-refractivity contribution in [1.29, 1.82) is 0 Å². The second-order valence-electron chi connectivity index (χ2n) is 5.26. The number of ether oxygens (including phenoxy) is 1. The van der Waals surface area contributed by atoms with Crippen LogP contribution in [0, 0.1) is 5.92 Å². The third kappa shape index (κ3) is 3.39. The fourth-order valence-corrected chi connectivity index (χ4v) is 2.84. The Morgan fingerprint density at radius 1 is 1.28 bits per heavy atom. The van der Waals surface area contributed by atoms with Crippen molar-refractivity contribution >= 4 is 11.6 Å². The number of hydrogen-bond donors (Lipinski definition) is 1. The quantitative estimate of drug-likeness (QED) is 0.890. The summed E-state index contributed by atoms with van der Waals surface area (Å²) >= 11 is 6.23. The van der Waals surface area contributed by atoms with Gasteiger partial charge in [0.2, 0.25) is 0 Å². The summed E-state index contributed by atoms with van der Waals surface area (Å²) in [6.07, 6.45) is 5.20. The van der Waals surface area contributed by atoms with Gasteiger partial charge in [-0.05, 0) is 43.7 Å². The summed E-state index contributed by atoms with van der Waals surface area (Å²) in [5.41, 5.74) is 1.07. The second kappa shape index (κ2) is 6.44. The van der Waals surface area contributed by atoms with E-state index >= 15 is 0 Å². The minimum Gasteiger partial charge on any atom is -0.496 e. The highest BCUT2D eigenvalue weighted by molar-refractivity contribution is 6.31. The minimum absolute atomic E-state index is 0.627. The van der Waals surface area contributed by atoms with Crippen molar-refractivity contribution in [2.24, 2.45) is 5.92 Å². The van der Waals surface area contributed by atoms with Gasteiger partial charge in [-0.15, -0.1) is 0 Å². The predicted octanol–water partition coefficient (Wildman–Crippen LogP) is 4.02. The lowest BCUT2D eigenvalue weighted by molar-refractivity contribution is 0.305. The molecule has 0 aromatic heterocycles. The van der Waals surface area contributed by atoms with Gasteiger partial charge in [-0.25, -0.2) is 0 Å². The molecule has 2 rings (SSSR count). The topological polar surface area (TPSA) is 21.3 Å². The van der Waals surface area contributed by atoms with Crippen molar-refractivity contribution in [2.45, 2.75) is 45.2 Å². The molecule has 1 saturated carbocycles. The zero-order chi connectivity index (χ0) is 13.0. The summed E-state index contributed by atoms with van der Waals surface area (Å²) in [5.74, 6) is 1.76. The molecular formula is C15H22ClNO. The first kappa shape index (κ1) is 13.7. The maximum atomic E-state index is 6.23. The Kier molecular flexibility index (Phi) is 4.90. The van der Waals surface area contributed by atoms with Crippen LogP contribution in [0.5, 0.6) is 5.75 Å². The molecule has 1 fully saturated rings. The van der Waals surface area contributed by atoms with E-state index in [1.807, 2.05) is 18.2 Å². The van der Waals surface area contributed by atoms with E-state index in [2.05, 4.69) is 12.2 Å². The van der Waals surface area contributed by atoms with Crippen molar-refractivity contribution in [3.8, 4) is 5.75 Å². The number of hydrogen-bond acceptors (Lipinski definition) is 2. The van der Waals surface area contributed by atoms with Gasteiger partial charge in [0, 0.05) is 23.2 Å². The average molecular weight is 268 g/mol. The Bertz CT molecular complexity index is 386. The van der Waals surface area contributed by atoms with Crippen LogP contribution in [0.15, 0.2) is 18.2 Å². The molecule has 0 atom stereocenters. The fraction of sp³-hybridized carbons (Fsp3) is 0.600. The largest absolute Gasteiger partial charge is 0.496 e. The lowest BCUT2D eigenvalue weighted by Crippen LogP contribution is -2.32. The Balaban J connectivity index is 1.93. The van der Waals surface area contributed by atoms with Crippen LogP contribution in [0.3, 0.4) is 0 Å². The SMILES string of the molecule is COc1cccc(Cl)c1CNC1CCC(C)CC1. The van der Waals surface area contributed by atoms with Crippen molar-refractivity contribution in [3.63, 3.8) is 0 Å². The minimum atomic E-state index is 0.627. The van der Waals surface area contributed by atoms with Crippen molar-refractivity contribution in [1.82, 2.24) is 5.32 Å². The van der Waals surface area contributed by atoms with E-state index < -0.39 is 0 Å². The molecule has 0 radical (unpaired) electrons. The highest BCUT2D eigenvalue weighted by Crippen LogP contribution is 2.28. The smallest absolute Gasteiger partial charge is 0.124 e. The Morgan fingerprint density at radius 2 is 2.00 bits per heavy atom. The Morgan fingerprint density at radius 3 is 2.67 bits per heavy atom. The standard InChI is InChI=1S/C15H22ClNO/c1-11-6-8-12(9-7-11)17-10-13-14(16)4-3-5-15(13)18-2/h3-5,11-12,17H,6-10H2,1-2H3. The summed E-state index contributed by atoms with van der Waals surface area (Å²) < 4.78 is 5.36. The number of halogens is 1. The normalized spacial score (nSPS) is 23.9. The summed E-state index contributed by atoms with van der Waals surface area (Å²) in [6, 6.07) is 6.44. The predicted molar refractivity (Wildman–Crippen MR) is 76.3 cm³/mol. The van der Waals surface area contributed by atoms with Gasteiger partial charge in [0.05, 0.1) is 7.11 Å². The number of rotatable bonds is 4. The van der Waals surface area contributed by atoms with Crippen LogP contribution >= 0.6 is 11.6 Å². The maximum absolute atomic E-state index is 6.23. The highest BCUT2D eigenvalue weighted by atomic mass is 35.5. The molecule has 1 N–H and O–H groups in total. The Labute approximate surface area is 115 Å². The lowest BCUT2D eigenvalue weighted by atomic mass is 9.87. The number of benzene rings is 1. The number of methoxy groups -OCH3 is 1. The van der Waals surface area contributed by atoms with E-state index in [0.29, 0.717) is 6.04 Å².